The molecule has 2 atom stereocenters. The number of halogens is 3. The van der Waals surface area contributed by atoms with E-state index in [1.807, 2.05) is 4.90 Å². The molecule has 5 nitrogen and oxygen atoms in total. The van der Waals surface area contributed by atoms with Crippen molar-refractivity contribution in [3.8, 4) is 0 Å². The quantitative estimate of drug-likeness (QED) is 0.522. The number of nitrogens with one attached hydrogen (secondary N) is 2. The summed E-state index contributed by atoms with van der Waals surface area (Å²) in [6.07, 6.45) is 3.24. The van der Waals surface area contributed by atoms with Crippen LogP contribution in [0.15, 0.2) is 6.07 Å². The molecule has 0 unspecified atom stereocenters. The molecule has 1 aromatic heterocycles. The van der Waals surface area contributed by atoms with E-state index in [-0.39, 0.29) is 17.1 Å². The third-order valence-corrected chi connectivity index (χ3v) is 5.83. The van der Waals surface area contributed by atoms with Crippen molar-refractivity contribution < 1.29 is 13.2 Å². The van der Waals surface area contributed by atoms with Crippen LogP contribution in [0.3, 0.4) is 0 Å². The van der Waals surface area contributed by atoms with Gasteiger partial charge in [0, 0.05) is 25.2 Å². The number of hydrogen-bond acceptors (Lipinski definition) is 4. The van der Waals surface area contributed by atoms with E-state index in [1.165, 1.54) is 12.8 Å². The number of alkyl halides is 3. The highest BCUT2D eigenvalue weighted by Crippen LogP contribution is 2.32. The van der Waals surface area contributed by atoms with Gasteiger partial charge in [0.2, 0.25) is 5.95 Å². The lowest BCUT2D eigenvalue weighted by Crippen LogP contribution is -2.40. The zero-order chi connectivity index (χ0) is 21.0. The standard InChI is InChI=1S/C20H30F3N5S/c1-13-9-14(2)12-28(11-13)17-10-16(20(21,22)23)25-18(26-17)27-19(29)24-15-7-5-3-4-6-8-15/h10,13-15H,3-9,11-12H2,1-2H3,(H2,24,25,26,27,29)/t13-,14-/m1/s1. The summed E-state index contributed by atoms with van der Waals surface area (Å²) in [5.41, 5.74) is -0.951. The van der Waals surface area contributed by atoms with Crippen LogP contribution < -0.4 is 15.5 Å². The van der Waals surface area contributed by atoms with Crippen LogP contribution in [0.4, 0.5) is 24.9 Å². The second-order valence-corrected chi connectivity index (χ2v) is 8.98. The maximum absolute atomic E-state index is 13.4. The van der Waals surface area contributed by atoms with Crippen LogP contribution in [0.2, 0.25) is 0 Å². The minimum Gasteiger partial charge on any atom is -0.360 e. The van der Waals surface area contributed by atoms with E-state index in [0.29, 0.717) is 30.7 Å². The van der Waals surface area contributed by atoms with Crippen molar-refractivity contribution in [2.24, 2.45) is 11.8 Å². The number of rotatable bonds is 3. The Bertz CT molecular complexity index is 694. The normalized spacial score (nSPS) is 24.1. The maximum atomic E-state index is 13.4. The smallest absolute Gasteiger partial charge is 0.360 e. The van der Waals surface area contributed by atoms with Gasteiger partial charge in [-0.1, -0.05) is 39.5 Å². The number of aromatic nitrogens is 2. The Morgan fingerprint density at radius 2 is 1.69 bits per heavy atom. The molecule has 0 amide bonds. The summed E-state index contributed by atoms with van der Waals surface area (Å²) in [5, 5.41) is 6.30. The number of piperidine rings is 1. The van der Waals surface area contributed by atoms with Crippen LogP contribution >= 0.6 is 12.2 Å². The Morgan fingerprint density at radius 3 is 2.28 bits per heavy atom. The lowest BCUT2D eigenvalue weighted by molar-refractivity contribution is -0.141. The Labute approximate surface area is 175 Å². The Balaban J connectivity index is 1.77. The first-order valence-electron chi connectivity index (χ1n) is 10.5. The lowest BCUT2D eigenvalue weighted by atomic mass is 9.92. The third kappa shape index (κ3) is 6.42. The van der Waals surface area contributed by atoms with Crippen molar-refractivity contribution in [1.82, 2.24) is 15.3 Å². The maximum Gasteiger partial charge on any atom is 0.433 e. The predicted octanol–water partition coefficient (Wildman–Crippen LogP) is 4.99. The van der Waals surface area contributed by atoms with Gasteiger partial charge in [-0.3, -0.25) is 0 Å². The third-order valence-electron chi connectivity index (χ3n) is 5.61. The van der Waals surface area contributed by atoms with Crippen molar-refractivity contribution in [2.75, 3.05) is 23.3 Å². The van der Waals surface area contributed by atoms with Crippen molar-refractivity contribution in [3.63, 3.8) is 0 Å². The first-order valence-corrected chi connectivity index (χ1v) is 10.9. The minimum absolute atomic E-state index is 0.105. The number of anilines is 2. The fourth-order valence-corrected chi connectivity index (χ4v) is 4.65. The highest BCUT2D eigenvalue weighted by molar-refractivity contribution is 7.80. The summed E-state index contributed by atoms with van der Waals surface area (Å²) < 4.78 is 40.3. The van der Waals surface area contributed by atoms with Crippen LogP contribution in [-0.2, 0) is 6.18 Å². The average Bonchev–Trinajstić information content (AvgIpc) is 2.88. The molecular formula is C20H30F3N5S. The Kier molecular flexibility index (Phi) is 7.19. The topological polar surface area (TPSA) is 53.1 Å². The molecule has 1 saturated heterocycles. The van der Waals surface area contributed by atoms with E-state index in [0.717, 1.165) is 38.2 Å². The molecule has 0 bridgehead atoms. The van der Waals surface area contributed by atoms with Gasteiger partial charge in [-0.15, -0.1) is 0 Å². The highest BCUT2D eigenvalue weighted by Gasteiger charge is 2.35. The van der Waals surface area contributed by atoms with E-state index < -0.39 is 11.9 Å². The van der Waals surface area contributed by atoms with Gasteiger partial charge in [-0.2, -0.15) is 18.2 Å². The SMILES string of the molecule is C[C@@H]1C[C@@H](C)CN(c2cc(C(F)(F)F)nc(NC(=S)NC3CCCCCC3)n2)C1. The van der Waals surface area contributed by atoms with E-state index >= 15 is 0 Å². The molecular weight excluding hydrogens is 399 g/mol. The zero-order valence-electron chi connectivity index (χ0n) is 17.1. The average molecular weight is 430 g/mol. The molecule has 1 saturated carbocycles. The summed E-state index contributed by atoms with van der Waals surface area (Å²) in [4.78, 5) is 9.97. The molecule has 0 aromatic carbocycles. The van der Waals surface area contributed by atoms with Crippen molar-refractivity contribution in [2.45, 2.75) is 71.0 Å². The summed E-state index contributed by atoms with van der Waals surface area (Å²) in [6, 6.07) is 1.28. The fourth-order valence-electron chi connectivity index (χ4n) is 4.39. The largest absolute Gasteiger partial charge is 0.433 e. The monoisotopic (exact) mass is 429 g/mol. The Morgan fingerprint density at radius 1 is 1.07 bits per heavy atom. The number of hydrogen-bond donors (Lipinski definition) is 2. The minimum atomic E-state index is -4.54. The first-order chi connectivity index (χ1) is 13.7. The molecule has 9 heteroatoms. The van der Waals surface area contributed by atoms with Gasteiger partial charge in [0.15, 0.2) is 10.8 Å². The summed E-state index contributed by atoms with van der Waals surface area (Å²) in [5.74, 6) is 0.993. The molecule has 1 aromatic rings. The molecule has 0 spiro atoms. The van der Waals surface area contributed by atoms with Crippen LogP contribution in [0.25, 0.3) is 0 Å². The summed E-state index contributed by atoms with van der Waals surface area (Å²) in [7, 11) is 0. The van der Waals surface area contributed by atoms with Gasteiger partial charge in [0.25, 0.3) is 0 Å². The van der Waals surface area contributed by atoms with Gasteiger partial charge in [0.1, 0.15) is 5.82 Å². The highest BCUT2D eigenvalue weighted by atomic mass is 32.1. The van der Waals surface area contributed by atoms with Crippen molar-refractivity contribution >= 4 is 29.1 Å². The van der Waals surface area contributed by atoms with Crippen LogP contribution in [0.5, 0.6) is 0 Å². The molecule has 0 radical (unpaired) electrons. The van der Waals surface area contributed by atoms with Gasteiger partial charge in [-0.25, -0.2) is 4.98 Å². The molecule has 1 aliphatic heterocycles. The second kappa shape index (κ2) is 9.45. The lowest BCUT2D eigenvalue weighted by Gasteiger charge is -2.36. The number of nitrogens with zero attached hydrogens (tertiary/aromatic N) is 3. The predicted molar refractivity (Wildman–Crippen MR) is 113 cm³/mol. The van der Waals surface area contributed by atoms with Crippen molar-refractivity contribution in [3.05, 3.63) is 11.8 Å². The molecule has 2 fully saturated rings. The molecule has 162 valence electrons. The summed E-state index contributed by atoms with van der Waals surface area (Å²) >= 11 is 5.34. The fraction of sp³-hybridized carbons (Fsp3) is 0.750. The molecule has 2 heterocycles. The zero-order valence-corrected chi connectivity index (χ0v) is 17.9. The van der Waals surface area contributed by atoms with E-state index in [1.54, 1.807) is 0 Å². The summed E-state index contributed by atoms with van der Waals surface area (Å²) in [6.45, 7) is 5.59. The van der Waals surface area contributed by atoms with Crippen LogP contribution in [-0.4, -0.2) is 34.2 Å². The molecule has 3 rings (SSSR count). The van der Waals surface area contributed by atoms with Gasteiger partial charge in [-0.05, 0) is 43.3 Å². The molecule has 2 N–H and O–H groups in total. The Hall–Kier alpha value is -1.64. The second-order valence-electron chi connectivity index (χ2n) is 8.57. The van der Waals surface area contributed by atoms with Crippen molar-refractivity contribution in [1.29, 1.82) is 0 Å². The molecule has 1 aliphatic carbocycles. The van der Waals surface area contributed by atoms with Gasteiger partial charge in [0.05, 0.1) is 0 Å². The van der Waals surface area contributed by atoms with Crippen LogP contribution in [0, 0.1) is 11.8 Å². The van der Waals surface area contributed by atoms with Gasteiger partial charge < -0.3 is 15.5 Å². The first kappa shape index (κ1) is 22.1. The van der Waals surface area contributed by atoms with E-state index in [9.17, 15) is 13.2 Å². The van der Waals surface area contributed by atoms with E-state index in [2.05, 4.69) is 34.4 Å². The molecule has 2 aliphatic rings. The van der Waals surface area contributed by atoms with E-state index in [4.69, 9.17) is 12.2 Å². The van der Waals surface area contributed by atoms with Gasteiger partial charge >= 0.3 is 6.18 Å². The van der Waals surface area contributed by atoms with Crippen LogP contribution in [0.1, 0.15) is 64.5 Å². The molecule has 29 heavy (non-hydrogen) atoms. The number of thiocarbonyl (C=S) groups is 1.